The fourth-order valence-electron chi connectivity index (χ4n) is 2.53. The van der Waals surface area contributed by atoms with Gasteiger partial charge in [-0.3, -0.25) is 0 Å². The first kappa shape index (κ1) is 17.2. The van der Waals surface area contributed by atoms with Crippen LogP contribution in [0.15, 0.2) is 36.5 Å². The van der Waals surface area contributed by atoms with Crippen LogP contribution in [-0.4, -0.2) is 24.2 Å². The SMILES string of the molecule is COC(=O)c1ccc(Oc2ccc(C3(C(F)(F)F)CC3)cc2F)nc1. The van der Waals surface area contributed by atoms with Crippen molar-refractivity contribution < 1.29 is 31.8 Å². The minimum absolute atomic E-state index is 0.00346. The molecule has 132 valence electrons. The molecule has 1 aliphatic rings. The van der Waals surface area contributed by atoms with Crippen LogP contribution < -0.4 is 4.74 Å². The minimum atomic E-state index is -4.41. The molecular formula is C17H13F4NO3. The van der Waals surface area contributed by atoms with E-state index < -0.39 is 23.4 Å². The van der Waals surface area contributed by atoms with Crippen molar-refractivity contribution in [2.24, 2.45) is 0 Å². The maximum atomic E-state index is 14.1. The Bertz CT molecular complexity index is 799. The summed E-state index contributed by atoms with van der Waals surface area (Å²) in [5.74, 6) is -1.75. The molecule has 2 aromatic rings. The highest BCUT2D eigenvalue weighted by atomic mass is 19.4. The van der Waals surface area contributed by atoms with Gasteiger partial charge in [0.25, 0.3) is 0 Å². The van der Waals surface area contributed by atoms with Gasteiger partial charge in [0.15, 0.2) is 11.6 Å². The smallest absolute Gasteiger partial charge is 0.398 e. The Hall–Kier alpha value is -2.64. The number of alkyl halides is 3. The van der Waals surface area contributed by atoms with E-state index in [9.17, 15) is 22.4 Å². The molecule has 1 saturated carbocycles. The number of hydrogen-bond acceptors (Lipinski definition) is 4. The van der Waals surface area contributed by atoms with Crippen molar-refractivity contribution in [1.29, 1.82) is 0 Å². The van der Waals surface area contributed by atoms with Crippen LogP contribution >= 0.6 is 0 Å². The molecule has 1 aliphatic carbocycles. The number of ether oxygens (including phenoxy) is 2. The molecule has 1 aromatic heterocycles. The van der Waals surface area contributed by atoms with E-state index in [-0.39, 0.29) is 35.6 Å². The van der Waals surface area contributed by atoms with Gasteiger partial charge in [-0.15, -0.1) is 0 Å². The zero-order valence-electron chi connectivity index (χ0n) is 13.1. The molecule has 25 heavy (non-hydrogen) atoms. The third-order valence-electron chi connectivity index (χ3n) is 4.15. The number of methoxy groups -OCH3 is 1. The normalized spacial score (nSPS) is 15.6. The summed E-state index contributed by atoms with van der Waals surface area (Å²) < 4.78 is 63.2. The van der Waals surface area contributed by atoms with Gasteiger partial charge in [0.1, 0.15) is 0 Å². The monoisotopic (exact) mass is 355 g/mol. The van der Waals surface area contributed by atoms with Crippen LogP contribution in [0.2, 0.25) is 0 Å². The van der Waals surface area contributed by atoms with Crippen molar-refractivity contribution in [3.05, 3.63) is 53.5 Å². The first-order chi connectivity index (χ1) is 11.8. The Morgan fingerprint density at radius 1 is 1.20 bits per heavy atom. The first-order valence-electron chi connectivity index (χ1n) is 7.36. The van der Waals surface area contributed by atoms with Gasteiger partial charge in [0.05, 0.1) is 18.1 Å². The molecule has 0 N–H and O–H groups in total. The summed E-state index contributed by atoms with van der Waals surface area (Å²) in [4.78, 5) is 15.1. The zero-order chi connectivity index (χ0) is 18.2. The van der Waals surface area contributed by atoms with Gasteiger partial charge in [-0.1, -0.05) is 6.07 Å². The summed E-state index contributed by atoms with van der Waals surface area (Å²) in [7, 11) is 1.22. The lowest BCUT2D eigenvalue weighted by Crippen LogP contribution is -2.28. The van der Waals surface area contributed by atoms with Crippen LogP contribution in [0.1, 0.15) is 28.8 Å². The Labute approximate surface area is 140 Å². The topological polar surface area (TPSA) is 48.4 Å². The minimum Gasteiger partial charge on any atom is -0.465 e. The van der Waals surface area contributed by atoms with Crippen molar-refractivity contribution in [1.82, 2.24) is 4.98 Å². The molecule has 1 heterocycles. The Morgan fingerprint density at radius 2 is 1.92 bits per heavy atom. The van der Waals surface area contributed by atoms with Crippen molar-refractivity contribution >= 4 is 5.97 Å². The van der Waals surface area contributed by atoms with Crippen LogP contribution in [0.4, 0.5) is 17.6 Å². The highest BCUT2D eigenvalue weighted by molar-refractivity contribution is 5.88. The van der Waals surface area contributed by atoms with Crippen molar-refractivity contribution in [2.75, 3.05) is 7.11 Å². The van der Waals surface area contributed by atoms with Crippen molar-refractivity contribution in [3.8, 4) is 11.6 Å². The van der Waals surface area contributed by atoms with E-state index >= 15 is 0 Å². The summed E-state index contributed by atoms with van der Waals surface area (Å²) in [5.41, 5.74) is -1.88. The van der Waals surface area contributed by atoms with E-state index in [1.807, 2.05) is 0 Å². The molecule has 0 unspecified atom stereocenters. The van der Waals surface area contributed by atoms with E-state index in [0.717, 1.165) is 12.1 Å². The Morgan fingerprint density at radius 3 is 2.40 bits per heavy atom. The van der Waals surface area contributed by atoms with Crippen LogP contribution in [0, 0.1) is 5.82 Å². The second kappa shape index (κ2) is 6.02. The molecule has 4 nitrogen and oxygen atoms in total. The van der Waals surface area contributed by atoms with Crippen molar-refractivity contribution in [3.63, 3.8) is 0 Å². The molecule has 8 heteroatoms. The molecule has 3 rings (SSSR count). The number of carbonyl (C=O) groups is 1. The third kappa shape index (κ3) is 3.16. The molecular weight excluding hydrogens is 342 g/mol. The number of nitrogens with zero attached hydrogens (tertiary/aromatic N) is 1. The van der Waals surface area contributed by atoms with Gasteiger partial charge in [-0.2, -0.15) is 13.2 Å². The maximum absolute atomic E-state index is 14.1. The molecule has 0 spiro atoms. The fraction of sp³-hybridized carbons (Fsp3) is 0.294. The summed E-state index contributed by atoms with van der Waals surface area (Å²) in [6, 6.07) is 5.91. The van der Waals surface area contributed by atoms with Gasteiger partial charge in [-0.25, -0.2) is 14.2 Å². The lowest BCUT2D eigenvalue weighted by molar-refractivity contribution is -0.160. The van der Waals surface area contributed by atoms with Gasteiger partial charge in [0, 0.05) is 12.3 Å². The first-order valence-corrected chi connectivity index (χ1v) is 7.36. The van der Waals surface area contributed by atoms with Crippen LogP contribution in [0.5, 0.6) is 11.6 Å². The predicted octanol–water partition coefficient (Wildman–Crippen LogP) is 4.39. The summed E-state index contributed by atoms with van der Waals surface area (Å²) in [6.07, 6.45) is -3.32. The van der Waals surface area contributed by atoms with Gasteiger partial charge >= 0.3 is 12.1 Å². The van der Waals surface area contributed by atoms with Crippen LogP contribution in [-0.2, 0) is 10.2 Å². The summed E-state index contributed by atoms with van der Waals surface area (Å²) in [6.45, 7) is 0. The molecule has 0 aliphatic heterocycles. The molecule has 1 aromatic carbocycles. The number of aromatic nitrogens is 1. The van der Waals surface area contributed by atoms with Gasteiger partial charge < -0.3 is 9.47 Å². The lowest BCUT2D eigenvalue weighted by atomic mass is 9.95. The number of esters is 1. The number of carbonyl (C=O) groups excluding carboxylic acids is 1. The average molecular weight is 355 g/mol. The highest BCUT2D eigenvalue weighted by Gasteiger charge is 2.64. The molecule has 0 atom stereocenters. The molecule has 0 saturated heterocycles. The largest absolute Gasteiger partial charge is 0.465 e. The molecule has 0 radical (unpaired) electrons. The lowest BCUT2D eigenvalue weighted by Gasteiger charge is -2.20. The Kier molecular flexibility index (Phi) is 4.14. The predicted molar refractivity (Wildman–Crippen MR) is 79.0 cm³/mol. The zero-order valence-corrected chi connectivity index (χ0v) is 13.1. The third-order valence-corrected chi connectivity index (χ3v) is 4.15. The van der Waals surface area contributed by atoms with E-state index in [1.165, 1.54) is 31.5 Å². The number of halogens is 4. The van der Waals surface area contributed by atoms with E-state index in [0.29, 0.717) is 0 Å². The number of pyridine rings is 1. The number of benzene rings is 1. The van der Waals surface area contributed by atoms with Gasteiger partial charge in [0.2, 0.25) is 5.88 Å². The standard InChI is InChI=1S/C17H13F4NO3/c1-24-15(23)10-2-5-14(22-9-10)25-13-4-3-11(8-12(13)18)16(6-7-16)17(19,20)21/h2-5,8-9H,6-7H2,1H3. The van der Waals surface area contributed by atoms with E-state index in [2.05, 4.69) is 9.72 Å². The second-order valence-electron chi connectivity index (χ2n) is 5.70. The van der Waals surface area contributed by atoms with E-state index in [1.54, 1.807) is 0 Å². The Balaban J connectivity index is 1.79. The average Bonchev–Trinajstić information content (AvgIpc) is 3.38. The molecule has 1 fully saturated rings. The van der Waals surface area contributed by atoms with Gasteiger partial charge in [-0.05, 0) is 36.6 Å². The quantitative estimate of drug-likeness (QED) is 0.603. The highest BCUT2D eigenvalue weighted by Crippen LogP contribution is 2.59. The molecule has 0 bridgehead atoms. The number of hydrogen-bond donors (Lipinski definition) is 0. The number of rotatable bonds is 4. The summed E-state index contributed by atoms with van der Waals surface area (Å²) >= 11 is 0. The molecule has 0 amide bonds. The summed E-state index contributed by atoms with van der Waals surface area (Å²) in [5, 5.41) is 0. The fourth-order valence-corrected chi connectivity index (χ4v) is 2.53. The maximum Gasteiger partial charge on any atom is 0.398 e. The van der Waals surface area contributed by atoms with Crippen LogP contribution in [0.25, 0.3) is 0 Å². The van der Waals surface area contributed by atoms with Crippen LogP contribution in [0.3, 0.4) is 0 Å². The van der Waals surface area contributed by atoms with Crippen molar-refractivity contribution in [2.45, 2.75) is 24.4 Å². The van der Waals surface area contributed by atoms with E-state index in [4.69, 9.17) is 4.74 Å². The second-order valence-corrected chi connectivity index (χ2v) is 5.70.